The van der Waals surface area contributed by atoms with Crippen molar-refractivity contribution in [3.05, 3.63) is 65.7 Å². The number of thiol groups is 2. The van der Waals surface area contributed by atoms with E-state index in [0.29, 0.717) is 24.0 Å². The largest absolute Gasteiger partial charge is 0.508 e. The van der Waals surface area contributed by atoms with Crippen LogP contribution < -0.4 is 86.3 Å². The molecule has 0 radical (unpaired) electrons. The molecule has 3 rings (SSSR count). The topological polar surface area (TPSA) is 682 Å². The van der Waals surface area contributed by atoms with E-state index in [1.54, 1.807) is 50.4 Å². The predicted molar refractivity (Wildman–Crippen MR) is 424 cm³/mol. The van der Waals surface area contributed by atoms with Crippen LogP contribution in [0.2, 0.25) is 0 Å². The summed E-state index contributed by atoms with van der Waals surface area (Å²) in [5, 5.41) is 100. The fraction of sp³-hybridized carbons (Fsp3) is 0.577. The molecular formula is C71H108N18O24S3. The van der Waals surface area contributed by atoms with Gasteiger partial charge >= 0.3 is 17.9 Å². The summed E-state index contributed by atoms with van der Waals surface area (Å²) in [7, 11) is 0. The van der Waals surface area contributed by atoms with Crippen LogP contribution in [0.15, 0.2) is 59.6 Å². The number of benzene rings is 2. The molecular weight excluding hydrogens is 1590 g/mol. The number of carboxylic acids is 3. The number of aromatic hydroxyl groups is 1. The van der Waals surface area contributed by atoms with Crippen molar-refractivity contribution >= 4 is 144 Å². The molecule has 0 spiro atoms. The lowest BCUT2D eigenvalue weighted by atomic mass is 9.99. The lowest BCUT2D eigenvalue weighted by Gasteiger charge is -2.29. The molecule has 116 heavy (non-hydrogen) atoms. The van der Waals surface area contributed by atoms with Crippen LogP contribution in [0.25, 0.3) is 0 Å². The van der Waals surface area contributed by atoms with Crippen molar-refractivity contribution in [3.8, 4) is 5.75 Å². The number of amides is 14. The summed E-state index contributed by atoms with van der Waals surface area (Å²) < 4.78 is 0. The number of nitrogens with one attached hydrogen (secondary N) is 13. The van der Waals surface area contributed by atoms with Gasteiger partial charge in [-0.05, 0) is 92.0 Å². The number of thioether (sulfide) groups is 1. The average molecular weight is 1690 g/mol. The molecule has 0 bridgehead atoms. The first-order valence-corrected chi connectivity index (χ1v) is 39.5. The molecule has 1 heterocycles. The van der Waals surface area contributed by atoms with Crippen LogP contribution in [0.1, 0.15) is 96.6 Å². The number of hydrogen-bond acceptors (Lipinski definition) is 26. The number of aliphatic hydroxyl groups excluding tert-OH is 3. The molecule has 42 nitrogen and oxygen atoms in total. The highest BCUT2D eigenvalue weighted by molar-refractivity contribution is 7.98. The number of carbonyl (C=O) groups is 17. The van der Waals surface area contributed by atoms with Crippen LogP contribution in [0, 0.1) is 11.8 Å². The number of carbonyl (C=O) groups excluding carboxylic acids is 14. The fourth-order valence-electron chi connectivity index (χ4n) is 11.4. The minimum absolute atomic E-state index is 0.0844. The van der Waals surface area contributed by atoms with E-state index < -0.39 is 248 Å². The van der Waals surface area contributed by atoms with Crippen molar-refractivity contribution in [1.29, 1.82) is 0 Å². The summed E-state index contributed by atoms with van der Waals surface area (Å²) in [6.07, 6.45) is -0.371. The molecule has 2 aromatic carbocycles. The summed E-state index contributed by atoms with van der Waals surface area (Å²) in [6.45, 7) is 2.42. The minimum Gasteiger partial charge on any atom is -0.508 e. The number of likely N-dealkylation sites (tertiary alicyclic amines) is 1. The maximum atomic E-state index is 14.3. The Balaban J connectivity index is 1.75. The smallest absolute Gasteiger partial charge is 0.326 e. The zero-order valence-corrected chi connectivity index (χ0v) is 67.2. The first kappa shape index (κ1) is 99.6. The van der Waals surface area contributed by atoms with E-state index in [2.05, 4.69) is 99.4 Å². The number of aliphatic imine (C=N–C) groups is 1. The number of phenolic OH excluding ortho intramolecular Hbond substituents is 1. The number of rotatable bonds is 52. The third kappa shape index (κ3) is 34.8. The lowest BCUT2D eigenvalue weighted by Crippen LogP contribution is -2.62. The van der Waals surface area contributed by atoms with Gasteiger partial charge in [0.05, 0.1) is 38.8 Å². The zero-order valence-electron chi connectivity index (χ0n) is 64.6. The van der Waals surface area contributed by atoms with E-state index in [1.807, 2.05) is 0 Å². The number of nitrogens with zero attached hydrogens (tertiary/aromatic N) is 2. The Morgan fingerprint density at radius 1 is 0.526 bits per heavy atom. The first-order chi connectivity index (χ1) is 54.8. The van der Waals surface area contributed by atoms with E-state index in [0.717, 1.165) is 0 Å². The molecule has 1 aliphatic heterocycles. The summed E-state index contributed by atoms with van der Waals surface area (Å²) in [5.74, 6) is -21.4. The lowest BCUT2D eigenvalue weighted by molar-refractivity contribution is -0.142. The van der Waals surface area contributed by atoms with E-state index in [1.165, 1.54) is 54.8 Å². The van der Waals surface area contributed by atoms with Crippen molar-refractivity contribution in [1.82, 2.24) is 74.0 Å². The maximum Gasteiger partial charge on any atom is 0.326 e. The highest BCUT2D eigenvalue weighted by Gasteiger charge is 2.41. The van der Waals surface area contributed by atoms with Crippen LogP contribution in [0.5, 0.6) is 5.75 Å². The van der Waals surface area contributed by atoms with E-state index in [4.69, 9.17) is 17.2 Å². The standard InChI is InChI=1S/C71H108N18O24S3/c1-35(2)25-43(60(102)87-50(33-114)65(107)78-41(19-20-54(95)96)58(100)86-51(34-115)66(108)82-46(70(112)113)27-38-15-17-39(93)18-16-38)81-68(110)56(36(3)4)88-64(106)49(32-92)84-63(105)48(31-91)83-62(104)45(28-55(97)98)80-61(103)44(26-37-11-7-6-8-12-37)79-59(101)42(21-24-116-5)77-53(94)29-76-57(99)47(30-90)85-67(109)52-14-10-23-89(52)69(111)40(72)13-9-22-75-71(73)74/h6-8,11-12,15-18,35-36,40-52,56,90-93,114-115H,9-10,13-14,19-34,72H2,1-5H3,(H,76,99)(H,77,94)(H,78,107)(H,79,101)(H,80,103)(H,81,110)(H,82,108)(H,83,104)(H,84,105)(H,85,109)(H,86,100)(H,87,102)(H,88,106)(H,95,96)(H,97,98)(H,112,113)(H4,73,74,75)/t40-,41-,42-,43-,44-,45-,46-,47-,48-,49-,50-,51-,52-,56-/m0/s1. The molecule has 0 saturated carbocycles. The monoisotopic (exact) mass is 1690 g/mol. The number of hydrogen-bond donors (Lipinski definition) is 25. The number of nitrogens with two attached hydrogens (primary N) is 3. The van der Waals surface area contributed by atoms with Gasteiger partial charge in [-0.1, -0.05) is 70.2 Å². The summed E-state index contributed by atoms with van der Waals surface area (Å²) in [5.41, 5.74) is 17.6. The van der Waals surface area contributed by atoms with Gasteiger partial charge < -0.3 is 127 Å². The van der Waals surface area contributed by atoms with Gasteiger partial charge in [-0.2, -0.15) is 37.0 Å². The van der Waals surface area contributed by atoms with Crippen LogP contribution in [0.4, 0.5) is 0 Å². The quantitative estimate of drug-likeness (QED) is 0.0127. The number of phenols is 1. The molecule has 644 valence electrons. The van der Waals surface area contributed by atoms with Crippen molar-refractivity contribution in [3.63, 3.8) is 0 Å². The van der Waals surface area contributed by atoms with Gasteiger partial charge in [0.15, 0.2) is 5.96 Å². The zero-order chi connectivity index (χ0) is 87.1. The summed E-state index contributed by atoms with van der Waals surface area (Å²) >= 11 is 9.55. The van der Waals surface area contributed by atoms with Crippen LogP contribution >= 0.6 is 37.0 Å². The Hall–Kier alpha value is -10.6. The second kappa shape index (κ2) is 51.4. The van der Waals surface area contributed by atoms with E-state index in [-0.39, 0.29) is 75.0 Å². The summed E-state index contributed by atoms with van der Waals surface area (Å²) in [6, 6.07) is -8.96. The Kier molecular flexibility index (Phi) is 44.1. The van der Waals surface area contributed by atoms with Crippen molar-refractivity contribution < 1.29 is 117 Å². The normalized spacial score (nSPS) is 15.8. The Labute approximate surface area is 683 Å². The molecule has 0 unspecified atom stereocenters. The third-order valence-electron chi connectivity index (χ3n) is 17.7. The van der Waals surface area contributed by atoms with Gasteiger partial charge in [-0.15, -0.1) is 0 Å². The fourth-order valence-corrected chi connectivity index (χ4v) is 12.4. The molecule has 0 aromatic heterocycles. The molecule has 2 aromatic rings. The van der Waals surface area contributed by atoms with Gasteiger partial charge in [0.2, 0.25) is 82.7 Å². The van der Waals surface area contributed by atoms with Gasteiger partial charge in [-0.3, -0.25) is 81.7 Å². The molecule has 1 aliphatic rings. The summed E-state index contributed by atoms with van der Waals surface area (Å²) in [4.78, 5) is 234. The van der Waals surface area contributed by atoms with Gasteiger partial charge in [0, 0.05) is 43.9 Å². The van der Waals surface area contributed by atoms with Crippen molar-refractivity contribution in [2.45, 2.75) is 183 Å². The average Bonchev–Trinajstić information content (AvgIpc) is 1.36. The van der Waals surface area contributed by atoms with Crippen LogP contribution in [-0.2, 0) is 94.3 Å². The minimum atomic E-state index is -2.09. The molecule has 14 amide bonds. The Morgan fingerprint density at radius 2 is 0.983 bits per heavy atom. The van der Waals surface area contributed by atoms with Crippen molar-refractivity contribution in [2.75, 3.05) is 63.0 Å². The van der Waals surface area contributed by atoms with Gasteiger partial charge in [0.25, 0.3) is 0 Å². The first-order valence-electron chi connectivity index (χ1n) is 36.9. The Morgan fingerprint density at radius 3 is 1.50 bits per heavy atom. The molecule has 26 N–H and O–H groups in total. The number of guanidine groups is 1. The van der Waals surface area contributed by atoms with Crippen molar-refractivity contribution in [2.24, 2.45) is 34.0 Å². The molecule has 14 atom stereocenters. The van der Waals surface area contributed by atoms with E-state index in [9.17, 15) is 117 Å². The highest BCUT2D eigenvalue weighted by Crippen LogP contribution is 2.21. The highest BCUT2D eigenvalue weighted by atomic mass is 32.2. The maximum absolute atomic E-state index is 14.3. The second-order valence-electron chi connectivity index (χ2n) is 27.7. The van der Waals surface area contributed by atoms with Crippen LogP contribution in [-0.4, -0.2) is 295 Å². The Bertz CT molecular complexity index is 3740. The number of aliphatic hydroxyl groups is 3. The number of carboxylic acid groups (broad SMARTS) is 3. The molecule has 0 aliphatic carbocycles. The predicted octanol–water partition coefficient (Wildman–Crippen LogP) is -7.80. The third-order valence-corrected chi connectivity index (χ3v) is 19.0. The molecule has 45 heteroatoms. The SMILES string of the molecule is CSCC[C@H](NC(=O)CNC(=O)[C@H](CO)NC(=O)[C@@H]1CCCN1C(=O)[C@@H](N)CCCN=C(N)N)C(=O)N[C@@H](Cc1ccccc1)C(=O)N[C@@H](CC(=O)O)C(=O)N[C@@H](CO)C(=O)N[C@@H](CO)C(=O)N[C@H](C(=O)N[C@@H](CC(C)C)C(=O)N[C@@H](CS)C(=O)N[C@@H](CCC(=O)O)C(=O)N[C@@H](CS)C(=O)N[C@@H](Cc1ccc(O)cc1)C(=O)O)C(C)C. The second-order valence-corrected chi connectivity index (χ2v) is 29.4. The van der Waals surface area contributed by atoms with Crippen LogP contribution in [0.3, 0.4) is 0 Å². The van der Waals surface area contributed by atoms with E-state index >= 15 is 0 Å². The molecule has 1 fully saturated rings. The van der Waals surface area contributed by atoms with Gasteiger partial charge in [0.1, 0.15) is 84.3 Å². The number of aliphatic carboxylic acids is 3. The van der Waals surface area contributed by atoms with Gasteiger partial charge in [-0.25, -0.2) is 4.79 Å². The molecule has 1 saturated heterocycles.